The second kappa shape index (κ2) is 5.07. The van der Waals surface area contributed by atoms with E-state index in [1.54, 1.807) is 0 Å². The minimum atomic E-state index is -4.25. The number of rotatable bonds is 3. The summed E-state index contributed by atoms with van der Waals surface area (Å²) in [7, 11) is 1.13. The van der Waals surface area contributed by atoms with E-state index in [0.717, 1.165) is 7.11 Å². The Kier molecular flexibility index (Phi) is 3.98. The summed E-state index contributed by atoms with van der Waals surface area (Å²) in [4.78, 5) is 11.2. The monoisotopic (exact) mass is 248 g/mol. The predicted molar refractivity (Wildman–Crippen MR) is 53.8 cm³/mol. The van der Waals surface area contributed by atoms with Crippen LogP contribution in [0.4, 0.5) is 13.2 Å². The molecular formula is C11H11F3O3. The number of phenols is 1. The Hall–Kier alpha value is -1.72. The van der Waals surface area contributed by atoms with Crippen molar-refractivity contribution in [1.29, 1.82) is 0 Å². The van der Waals surface area contributed by atoms with Crippen LogP contribution in [0.25, 0.3) is 0 Å². The van der Waals surface area contributed by atoms with Gasteiger partial charge in [0.2, 0.25) is 0 Å². The van der Waals surface area contributed by atoms with Gasteiger partial charge in [0.15, 0.2) is 0 Å². The molecule has 0 aliphatic heterocycles. The van der Waals surface area contributed by atoms with Crippen LogP contribution in [0.5, 0.6) is 5.75 Å². The third kappa shape index (κ3) is 3.97. The summed E-state index contributed by atoms with van der Waals surface area (Å²) < 4.78 is 40.4. The van der Waals surface area contributed by atoms with Crippen LogP contribution in [0, 0.1) is 0 Å². The highest BCUT2D eigenvalue weighted by Gasteiger charge is 2.26. The Bertz CT molecular complexity index is 413. The molecule has 0 aliphatic carbocycles. The van der Waals surface area contributed by atoms with E-state index in [1.165, 1.54) is 18.2 Å². The van der Waals surface area contributed by atoms with Gasteiger partial charge >= 0.3 is 12.1 Å². The molecule has 3 nitrogen and oxygen atoms in total. The lowest BCUT2D eigenvalue weighted by Gasteiger charge is -2.08. The third-order valence-corrected chi connectivity index (χ3v) is 2.16. The van der Waals surface area contributed by atoms with Crippen molar-refractivity contribution >= 4 is 5.97 Å². The molecule has 0 aromatic heterocycles. The molecule has 0 saturated heterocycles. The normalized spacial score (nSPS) is 11.3. The van der Waals surface area contributed by atoms with E-state index in [0.29, 0.717) is 5.56 Å². The number of phenolic OH excluding ortho intramolecular Hbond substituents is 1. The van der Waals surface area contributed by atoms with Crippen LogP contribution in [0.1, 0.15) is 22.3 Å². The van der Waals surface area contributed by atoms with Gasteiger partial charge in [0.25, 0.3) is 0 Å². The number of ether oxygens (including phenoxy) is 1. The fourth-order valence-corrected chi connectivity index (χ4v) is 1.30. The van der Waals surface area contributed by atoms with E-state index in [4.69, 9.17) is 0 Å². The molecule has 1 rings (SSSR count). The summed E-state index contributed by atoms with van der Waals surface area (Å²) in [6.07, 6.45) is -5.46. The van der Waals surface area contributed by atoms with Crippen LogP contribution in [0.15, 0.2) is 18.2 Å². The molecule has 0 bridgehead atoms. The summed E-state index contributed by atoms with van der Waals surface area (Å²) in [5.74, 6) is -1.09. The summed E-state index contributed by atoms with van der Waals surface area (Å²) >= 11 is 0. The van der Waals surface area contributed by atoms with Gasteiger partial charge in [-0.25, -0.2) is 4.79 Å². The van der Waals surface area contributed by atoms with Crippen molar-refractivity contribution in [2.24, 2.45) is 0 Å². The van der Waals surface area contributed by atoms with Gasteiger partial charge in [-0.3, -0.25) is 0 Å². The second-order valence-corrected chi connectivity index (χ2v) is 3.46. The molecule has 0 atom stereocenters. The molecule has 94 valence electrons. The van der Waals surface area contributed by atoms with Crippen molar-refractivity contribution in [1.82, 2.24) is 0 Å². The van der Waals surface area contributed by atoms with Crippen molar-refractivity contribution in [3.63, 3.8) is 0 Å². The van der Waals surface area contributed by atoms with E-state index in [1.807, 2.05) is 0 Å². The molecule has 0 amide bonds. The lowest BCUT2D eigenvalue weighted by Crippen LogP contribution is -2.09. The van der Waals surface area contributed by atoms with Crippen LogP contribution in [0.2, 0.25) is 0 Å². The molecule has 0 saturated carbocycles. The van der Waals surface area contributed by atoms with Gasteiger partial charge in [0.1, 0.15) is 11.3 Å². The number of carbonyl (C=O) groups is 1. The van der Waals surface area contributed by atoms with E-state index in [2.05, 4.69) is 4.74 Å². The van der Waals surface area contributed by atoms with Gasteiger partial charge in [0, 0.05) is 6.42 Å². The van der Waals surface area contributed by atoms with E-state index in [9.17, 15) is 23.1 Å². The van der Waals surface area contributed by atoms with Crippen molar-refractivity contribution in [3.05, 3.63) is 29.3 Å². The highest BCUT2D eigenvalue weighted by molar-refractivity contribution is 5.92. The first-order valence-corrected chi connectivity index (χ1v) is 4.80. The summed E-state index contributed by atoms with van der Waals surface area (Å²) in [6.45, 7) is 0. The molecule has 0 fully saturated rings. The van der Waals surface area contributed by atoms with Crippen LogP contribution in [0.3, 0.4) is 0 Å². The average Bonchev–Trinajstić information content (AvgIpc) is 2.26. The zero-order chi connectivity index (χ0) is 13.1. The molecule has 0 aliphatic rings. The smallest absolute Gasteiger partial charge is 0.389 e. The Balaban J connectivity index is 2.86. The SMILES string of the molecule is COC(=O)c1cc(CCC(F)(F)F)ccc1O. The number of methoxy groups -OCH3 is 1. The third-order valence-electron chi connectivity index (χ3n) is 2.16. The maximum atomic E-state index is 12.0. The fraction of sp³-hybridized carbons (Fsp3) is 0.364. The van der Waals surface area contributed by atoms with Gasteiger partial charge < -0.3 is 9.84 Å². The molecule has 0 unspecified atom stereocenters. The molecule has 17 heavy (non-hydrogen) atoms. The standard InChI is InChI=1S/C11H11F3O3/c1-17-10(16)8-6-7(2-3-9(8)15)4-5-11(12,13)14/h2-3,6,15H,4-5H2,1H3. The van der Waals surface area contributed by atoms with E-state index < -0.39 is 18.6 Å². The van der Waals surface area contributed by atoms with Crippen molar-refractivity contribution < 1.29 is 27.8 Å². The van der Waals surface area contributed by atoms with Gasteiger partial charge in [-0.15, -0.1) is 0 Å². The lowest BCUT2D eigenvalue weighted by atomic mass is 10.1. The Labute approximate surface area is 95.8 Å². The number of aromatic hydroxyl groups is 1. The minimum Gasteiger partial charge on any atom is -0.507 e. The largest absolute Gasteiger partial charge is 0.507 e. The predicted octanol–water partition coefficient (Wildman–Crippen LogP) is 2.67. The maximum Gasteiger partial charge on any atom is 0.389 e. The van der Waals surface area contributed by atoms with Crippen molar-refractivity contribution in [3.8, 4) is 5.75 Å². The molecule has 1 aromatic rings. The number of hydrogen-bond donors (Lipinski definition) is 1. The summed E-state index contributed by atoms with van der Waals surface area (Å²) in [5, 5.41) is 9.34. The summed E-state index contributed by atoms with van der Waals surface area (Å²) in [5.41, 5.74) is 0.188. The van der Waals surface area contributed by atoms with Gasteiger partial charge in [-0.1, -0.05) is 6.07 Å². The van der Waals surface area contributed by atoms with Crippen LogP contribution in [-0.4, -0.2) is 24.4 Å². The summed E-state index contributed by atoms with van der Waals surface area (Å²) in [6, 6.07) is 3.72. The van der Waals surface area contributed by atoms with Crippen LogP contribution >= 0.6 is 0 Å². The molecule has 0 spiro atoms. The topological polar surface area (TPSA) is 46.5 Å². The number of alkyl halides is 3. The molecule has 6 heteroatoms. The number of carbonyl (C=O) groups excluding carboxylic acids is 1. The van der Waals surface area contributed by atoms with E-state index in [-0.39, 0.29) is 17.7 Å². The molecule has 0 radical (unpaired) electrons. The number of benzene rings is 1. The number of hydrogen-bond acceptors (Lipinski definition) is 3. The molecule has 1 aromatic carbocycles. The zero-order valence-electron chi connectivity index (χ0n) is 9.04. The van der Waals surface area contributed by atoms with Gasteiger partial charge in [0.05, 0.1) is 7.11 Å². The fourth-order valence-electron chi connectivity index (χ4n) is 1.30. The molecule has 0 heterocycles. The highest BCUT2D eigenvalue weighted by atomic mass is 19.4. The average molecular weight is 248 g/mol. The number of halogens is 3. The van der Waals surface area contributed by atoms with Crippen molar-refractivity contribution in [2.75, 3.05) is 7.11 Å². The van der Waals surface area contributed by atoms with Crippen LogP contribution < -0.4 is 0 Å². The highest BCUT2D eigenvalue weighted by Crippen LogP contribution is 2.25. The van der Waals surface area contributed by atoms with Gasteiger partial charge in [-0.05, 0) is 24.1 Å². The Morgan fingerprint density at radius 2 is 2.06 bits per heavy atom. The number of aryl methyl sites for hydroxylation is 1. The molecule has 1 N–H and O–H groups in total. The minimum absolute atomic E-state index is 0.132. The number of esters is 1. The Morgan fingerprint density at radius 1 is 1.41 bits per heavy atom. The second-order valence-electron chi connectivity index (χ2n) is 3.46. The first kappa shape index (κ1) is 13.3. The first-order chi connectivity index (χ1) is 7.83. The molecular weight excluding hydrogens is 237 g/mol. The first-order valence-electron chi connectivity index (χ1n) is 4.80. The Morgan fingerprint density at radius 3 is 2.59 bits per heavy atom. The quantitative estimate of drug-likeness (QED) is 0.836. The maximum absolute atomic E-state index is 12.0. The van der Waals surface area contributed by atoms with Crippen LogP contribution in [-0.2, 0) is 11.2 Å². The van der Waals surface area contributed by atoms with E-state index >= 15 is 0 Å². The lowest BCUT2D eigenvalue weighted by molar-refractivity contribution is -0.133. The van der Waals surface area contributed by atoms with Gasteiger partial charge in [-0.2, -0.15) is 13.2 Å². The zero-order valence-corrected chi connectivity index (χ0v) is 9.04. The van der Waals surface area contributed by atoms with Crippen molar-refractivity contribution in [2.45, 2.75) is 19.0 Å².